The van der Waals surface area contributed by atoms with Gasteiger partial charge in [0.2, 0.25) is 15.9 Å². The molecule has 1 aliphatic heterocycles. The molecule has 2 aromatic carbocycles. The van der Waals surface area contributed by atoms with E-state index in [2.05, 4.69) is 40.4 Å². The summed E-state index contributed by atoms with van der Waals surface area (Å²) in [7, 11) is -3.68. The molecule has 0 unspecified atom stereocenters. The van der Waals surface area contributed by atoms with Crippen LogP contribution >= 0.6 is 0 Å². The van der Waals surface area contributed by atoms with Crippen molar-refractivity contribution < 1.29 is 18.0 Å². The van der Waals surface area contributed by atoms with Crippen molar-refractivity contribution in [3.05, 3.63) is 71.3 Å². The van der Waals surface area contributed by atoms with Crippen LogP contribution in [0, 0.1) is 6.92 Å². The van der Waals surface area contributed by atoms with Gasteiger partial charge in [-0.1, -0.05) is 35.9 Å². The minimum absolute atomic E-state index is 0.0783. The maximum absolute atomic E-state index is 12.5. The normalized spacial score (nSPS) is 14.5. The van der Waals surface area contributed by atoms with Crippen LogP contribution in [0.15, 0.2) is 59.5 Å². The maximum atomic E-state index is 12.5. The fourth-order valence-corrected chi connectivity index (χ4v) is 4.96. The van der Waals surface area contributed by atoms with Gasteiger partial charge < -0.3 is 10.2 Å². The van der Waals surface area contributed by atoms with Gasteiger partial charge >= 0.3 is 0 Å². The van der Waals surface area contributed by atoms with Crippen LogP contribution in [0.4, 0.5) is 0 Å². The van der Waals surface area contributed by atoms with Gasteiger partial charge in [-0.15, -0.1) is 0 Å². The Balaban J connectivity index is 1.53. The van der Waals surface area contributed by atoms with Crippen LogP contribution < -0.4 is 10.0 Å². The number of amides is 2. The van der Waals surface area contributed by atoms with Crippen LogP contribution in [-0.2, 0) is 14.8 Å². The van der Waals surface area contributed by atoms with Gasteiger partial charge in [-0.2, -0.15) is 0 Å². The summed E-state index contributed by atoms with van der Waals surface area (Å²) < 4.78 is 27.3. The highest BCUT2D eigenvalue weighted by Crippen LogP contribution is 2.22. The first-order valence-corrected chi connectivity index (χ1v) is 12.4. The van der Waals surface area contributed by atoms with Gasteiger partial charge in [0.1, 0.15) is 0 Å². The first-order chi connectivity index (χ1) is 15.4. The SMILES string of the molecule is Cc1ccc(C2=CCN(C(=O)CNC(=O)c3ccc(S(=O)(=O)NC(C)(C)C)cc3)CC2)cc1. The molecule has 0 spiro atoms. The standard InChI is InChI=1S/C25H31N3O4S/c1-18-5-7-19(8-6-18)20-13-15-28(16-14-20)23(29)17-26-24(30)21-9-11-22(12-10-21)33(31,32)27-25(2,3)4/h5-13,27H,14-17H2,1-4H3,(H,26,30). The zero-order valence-electron chi connectivity index (χ0n) is 19.5. The van der Waals surface area contributed by atoms with Gasteiger partial charge in [-0.3, -0.25) is 9.59 Å². The molecule has 0 fully saturated rings. The molecule has 2 aromatic rings. The number of rotatable bonds is 6. The van der Waals surface area contributed by atoms with E-state index in [1.54, 1.807) is 25.7 Å². The number of nitrogens with zero attached hydrogens (tertiary/aromatic N) is 1. The fraction of sp³-hybridized carbons (Fsp3) is 0.360. The minimum atomic E-state index is -3.68. The molecule has 0 radical (unpaired) electrons. The molecular weight excluding hydrogens is 438 g/mol. The number of hydrogen-bond donors (Lipinski definition) is 2. The number of aryl methyl sites for hydroxylation is 1. The molecule has 0 bridgehead atoms. The van der Waals surface area contributed by atoms with Gasteiger partial charge in [0.25, 0.3) is 5.91 Å². The number of sulfonamides is 1. The van der Waals surface area contributed by atoms with E-state index in [1.165, 1.54) is 41.0 Å². The van der Waals surface area contributed by atoms with Gasteiger partial charge in [0.15, 0.2) is 0 Å². The Labute approximate surface area is 195 Å². The van der Waals surface area contributed by atoms with Crippen LogP contribution in [0.5, 0.6) is 0 Å². The summed E-state index contributed by atoms with van der Waals surface area (Å²) in [5.41, 5.74) is 3.28. The fourth-order valence-electron chi connectivity index (χ4n) is 3.54. The third-order valence-corrected chi connectivity index (χ3v) is 7.03. The van der Waals surface area contributed by atoms with Crippen molar-refractivity contribution in [2.45, 2.75) is 44.6 Å². The zero-order chi connectivity index (χ0) is 24.2. The van der Waals surface area contributed by atoms with Crippen molar-refractivity contribution in [3.8, 4) is 0 Å². The molecule has 0 atom stereocenters. The molecule has 2 amide bonds. The first-order valence-electron chi connectivity index (χ1n) is 10.9. The quantitative estimate of drug-likeness (QED) is 0.680. The van der Waals surface area contributed by atoms with Crippen molar-refractivity contribution in [3.63, 3.8) is 0 Å². The lowest BCUT2D eigenvalue weighted by molar-refractivity contribution is -0.129. The number of benzene rings is 2. The molecule has 1 aliphatic rings. The zero-order valence-corrected chi connectivity index (χ0v) is 20.3. The number of carbonyl (C=O) groups excluding carboxylic acids is 2. The van der Waals surface area contributed by atoms with Crippen molar-refractivity contribution in [1.82, 2.24) is 14.9 Å². The van der Waals surface area contributed by atoms with Crippen molar-refractivity contribution in [2.75, 3.05) is 19.6 Å². The van der Waals surface area contributed by atoms with E-state index in [-0.39, 0.29) is 22.9 Å². The molecule has 0 aliphatic carbocycles. The summed E-state index contributed by atoms with van der Waals surface area (Å²) in [5.74, 6) is -0.583. The second kappa shape index (κ2) is 9.89. The highest BCUT2D eigenvalue weighted by molar-refractivity contribution is 7.89. The molecule has 0 aromatic heterocycles. The Morgan fingerprint density at radius 1 is 1.00 bits per heavy atom. The smallest absolute Gasteiger partial charge is 0.251 e. The van der Waals surface area contributed by atoms with E-state index >= 15 is 0 Å². The molecule has 33 heavy (non-hydrogen) atoms. The summed E-state index contributed by atoms with van der Waals surface area (Å²) in [5, 5.41) is 2.63. The number of carbonyl (C=O) groups is 2. The Morgan fingerprint density at radius 2 is 1.64 bits per heavy atom. The number of nitrogens with one attached hydrogen (secondary N) is 2. The van der Waals surface area contributed by atoms with Crippen LogP contribution in [0.25, 0.3) is 5.57 Å². The molecule has 8 heteroatoms. The lowest BCUT2D eigenvalue weighted by atomic mass is 9.98. The second-order valence-electron chi connectivity index (χ2n) is 9.25. The average molecular weight is 470 g/mol. The van der Waals surface area contributed by atoms with Gasteiger partial charge in [0, 0.05) is 24.2 Å². The van der Waals surface area contributed by atoms with E-state index in [9.17, 15) is 18.0 Å². The highest BCUT2D eigenvalue weighted by Gasteiger charge is 2.22. The Bertz CT molecular complexity index is 1150. The van der Waals surface area contributed by atoms with Crippen molar-refractivity contribution >= 4 is 27.4 Å². The predicted molar refractivity (Wildman–Crippen MR) is 129 cm³/mol. The number of hydrogen-bond acceptors (Lipinski definition) is 4. The van der Waals surface area contributed by atoms with Crippen LogP contribution in [0.2, 0.25) is 0 Å². The third kappa shape index (κ3) is 6.76. The Kier molecular flexibility index (Phi) is 7.39. The summed E-state index contributed by atoms with van der Waals surface area (Å²) in [6.07, 6.45) is 2.82. The van der Waals surface area contributed by atoms with Crippen molar-refractivity contribution in [2.24, 2.45) is 0 Å². The molecule has 2 N–H and O–H groups in total. The molecule has 0 saturated heterocycles. The maximum Gasteiger partial charge on any atom is 0.251 e. The molecule has 7 nitrogen and oxygen atoms in total. The monoisotopic (exact) mass is 469 g/mol. The minimum Gasteiger partial charge on any atom is -0.343 e. The summed E-state index contributed by atoms with van der Waals surface area (Å²) >= 11 is 0. The van der Waals surface area contributed by atoms with Crippen LogP contribution in [0.3, 0.4) is 0 Å². The highest BCUT2D eigenvalue weighted by atomic mass is 32.2. The Hall–Kier alpha value is -2.97. The van der Waals surface area contributed by atoms with Crippen LogP contribution in [-0.4, -0.2) is 50.3 Å². The van der Waals surface area contributed by atoms with Crippen molar-refractivity contribution in [1.29, 1.82) is 0 Å². The lowest BCUT2D eigenvalue weighted by Gasteiger charge is -2.27. The second-order valence-corrected chi connectivity index (χ2v) is 10.9. The van der Waals surface area contributed by atoms with Gasteiger partial charge in [0.05, 0.1) is 11.4 Å². The molecule has 3 rings (SSSR count). The summed E-state index contributed by atoms with van der Waals surface area (Å²) in [4.78, 5) is 26.8. The third-order valence-electron chi connectivity index (χ3n) is 5.25. The van der Waals surface area contributed by atoms with E-state index in [0.29, 0.717) is 13.1 Å². The van der Waals surface area contributed by atoms with Gasteiger partial charge in [-0.05, 0) is 69.5 Å². The van der Waals surface area contributed by atoms with E-state index < -0.39 is 21.5 Å². The topological polar surface area (TPSA) is 95.6 Å². The largest absolute Gasteiger partial charge is 0.343 e. The average Bonchev–Trinajstić information content (AvgIpc) is 2.76. The van der Waals surface area contributed by atoms with E-state index in [4.69, 9.17) is 0 Å². The van der Waals surface area contributed by atoms with E-state index in [1.807, 2.05) is 6.92 Å². The Morgan fingerprint density at radius 3 is 2.18 bits per heavy atom. The lowest BCUT2D eigenvalue weighted by Crippen LogP contribution is -2.42. The molecule has 0 saturated carbocycles. The predicted octanol–water partition coefficient (Wildman–Crippen LogP) is 3.12. The van der Waals surface area contributed by atoms with Gasteiger partial charge in [-0.25, -0.2) is 13.1 Å². The molecule has 176 valence electrons. The summed E-state index contributed by atoms with van der Waals surface area (Å²) in [6, 6.07) is 14.0. The van der Waals surface area contributed by atoms with Crippen LogP contribution in [0.1, 0.15) is 48.7 Å². The first kappa shape index (κ1) is 24.7. The summed E-state index contributed by atoms with van der Waals surface area (Å²) in [6.45, 7) is 8.31. The molecular formula is C25H31N3O4S. The molecule has 1 heterocycles. The van der Waals surface area contributed by atoms with E-state index in [0.717, 1.165) is 6.42 Å².